The van der Waals surface area contributed by atoms with Crippen molar-refractivity contribution in [3.05, 3.63) is 11.6 Å². The largest absolute Gasteiger partial charge is 0.481 e. The van der Waals surface area contributed by atoms with Crippen LogP contribution in [0.2, 0.25) is 0 Å². The van der Waals surface area contributed by atoms with Crippen molar-refractivity contribution in [2.24, 2.45) is 11.3 Å². The Bertz CT molecular complexity index is 451. The van der Waals surface area contributed by atoms with Crippen molar-refractivity contribution in [2.45, 2.75) is 52.5 Å². The fourth-order valence-electron chi connectivity index (χ4n) is 3.21. The molecule has 1 saturated carbocycles. The van der Waals surface area contributed by atoms with E-state index in [0.717, 1.165) is 19.3 Å². The van der Waals surface area contributed by atoms with Crippen LogP contribution in [0.25, 0.3) is 0 Å². The smallest absolute Gasteiger partial charge is 0.317 e. The van der Waals surface area contributed by atoms with Gasteiger partial charge in [0.2, 0.25) is 0 Å². The number of carbonyl (C=O) groups excluding carboxylic acids is 1. The Hall–Kier alpha value is -1.52. The Balaban J connectivity index is 1.91. The molecule has 5 heteroatoms. The van der Waals surface area contributed by atoms with Crippen LogP contribution in [-0.4, -0.2) is 41.1 Å². The molecular weight excluding hydrogens is 268 g/mol. The number of amides is 2. The summed E-state index contributed by atoms with van der Waals surface area (Å²) in [4.78, 5) is 25.2. The van der Waals surface area contributed by atoms with E-state index in [0.29, 0.717) is 19.5 Å². The summed E-state index contributed by atoms with van der Waals surface area (Å²) in [6, 6.07) is -0.347. The first-order valence-corrected chi connectivity index (χ1v) is 7.77. The van der Waals surface area contributed by atoms with Gasteiger partial charge in [-0.3, -0.25) is 4.79 Å². The van der Waals surface area contributed by atoms with E-state index in [1.165, 1.54) is 5.57 Å². The van der Waals surface area contributed by atoms with Crippen molar-refractivity contribution in [1.29, 1.82) is 0 Å². The molecule has 1 aliphatic carbocycles. The van der Waals surface area contributed by atoms with Crippen LogP contribution < -0.4 is 5.32 Å². The second-order valence-electron chi connectivity index (χ2n) is 7.11. The molecule has 5 nitrogen and oxygen atoms in total. The maximum atomic E-state index is 12.3. The molecule has 2 atom stereocenters. The van der Waals surface area contributed by atoms with Crippen LogP contribution in [0.15, 0.2) is 11.6 Å². The van der Waals surface area contributed by atoms with Gasteiger partial charge in [-0.1, -0.05) is 38.8 Å². The Morgan fingerprint density at radius 1 is 1.33 bits per heavy atom. The van der Waals surface area contributed by atoms with Crippen molar-refractivity contribution in [3.63, 3.8) is 0 Å². The summed E-state index contributed by atoms with van der Waals surface area (Å²) in [6.07, 6.45) is 5.32. The van der Waals surface area contributed by atoms with Gasteiger partial charge in [0.05, 0.1) is 5.92 Å². The number of hydrogen-bond donors (Lipinski definition) is 2. The summed E-state index contributed by atoms with van der Waals surface area (Å²) in [5, 5.41) is 12.1. The Morgan fingerprint density at radius 3 is 2.57 bits per heavy atom. The normalized spacial score (nSPS) is 26.4. The molecule has 0 aromatic rings. The lowest BCUT2D eigenvalue weighted by Gasteiger charge is -2.33. The third kappa shape index (κ3) is 3.77. The predicted octanol–water partition coefficient (Wildman–Crippen LogP) is 2.63. The van der Waals surface area contributed by atoms with Crippen LogP contribution in [0.1, 0.15) is 46.5 Å². The molecule has 21 heavy (non-hydrogen) atoms. The van der Waals surface area contributed by atoms with E-state index in [-0.39, 0.29) is 17.5 Å². The zero-order chi connectivity index (χ0) is 15.6. The van der Waals surface area contributed by atoms with Crippen LogP contribution in [0.5, 0.6) is 0 Å². The number of carbonyl (C=O) groups is 2. The Morgan fingerprint density at radius 2 is 2.05 bits per heavy atom. The maximum absolute atomic E-state index is 12.3. The van der Waals surface area contributed by atoms with Crippen molar-refractivity contribution >= 4 is 12.0 Å². The molecule has 2 aliphatic rings. The molecule has 2 amide bonds. The summed E-state index contributed by atoms with van der Waals surface area (Å²) in [5.74, 6) is -1.23. The summed E-state index contributed by atoms with van der Waals surface area (Å²) in [6.45, 7) is 7.88. The molecule has 0 saturated heterocycles. The van der Waals surface area contributed by atoms with Crippen molar-refractivity contribution in [1.82, 2.24) is 10.2 Å². The van der Waals surface area contributed by atoms with Gasteiger partial charge >= 0.3 is 12.0 Å². The minimum atomic E-state index is -0.800. The third-order valence-electron chi connectivity index (χ3n) is 4.60. The number of hydrogen-bond acceptors (Lipinski definition) is 2. The molecular formula is C16H26N2O3. The second kappa shape index (κ2) is 6.08. The van der Waals surface area contributed by atoms with Gasteiger partial charge in [-0.15, -0.1) is 0 Å². The number of carboxylic acids is 1. The highest BCUT2D eigenvalue weighted by Crippen LogP contribution is 2.30. The van der Waals surface area contributed by atoms with E-state index in [2.05, 4.69) is 32.2 Å². The lowest BCUT2D eigenvalue weighted by atomic mass is 9.83. The van der Waals surface area contributed by atoms with Crippen LogP contribution in [0.4, 0.5) is 4.79 Å². The fraction of sp³-hybridized carbons (Fsp3) is 0.750. The van der Waals surface area contributed by atoms with Crippen LogP contribution >= 0.6 is 0 Å². The van der Waals surface area contributed by atoms with Crippen molar-refractivity contribution in [3.8, 4) is 0 Å². The van der Waals surface area contributed by atoms with Gasteiger partial charge in [-0.2, -0.15) is 0 Å². The van der Waals surface area contributed by atoms with Gasteiger partial charge in [0, 0.05) is 19.1 Å². The van der Waals surface area contributed by atoms with Crippen LogP contribution in [0, 0.1) is 11.3 Å². The zero-order valence-corrected chi connectivity index (χ0v) is 13.2. The number of nitrogens with one attached hydrogen (secondary N) is 1. The van der Waals surface area contributed by atoms with Gasteiger partial charge in [0.25, 0.3) is 0 Å². The van der Waals surface area contributed by atoms with Crippen molar-refractivity contribution in [2.75, 3.05) is 13.1 Å². The number of nitrogens with zero attached hydrogens (tertiary/aromatic N) is 1. The predicted molar refractivity (Wildman–Crippen MR) is 81.0 cm³/mol. The summed E-state index contributed by atoms with van der Waals surface area (Å²) >= 11 is 0. The lowest BCUT2D eigenvalue weighted by molar-refractivity contribution is -0.142. The van der Waals surface area contributed by atoms with E-state index in [1.54, 1.807) is 4.90 Å². The first-order chi connectivity index (χ1) is 9.79. The monoisotopic (exact) mass is 294 g/mol. The summed E-state index contributed by atoms with van der Waals surface area (Å²) < 4.78 is 0. The number of rotatable bonds is 2. The van der Waals surface area contributed by atoms with E-state index in [1.807, 2.05) is 0 Å². The van der Waals surface area contributed by atoms with Gasteiger partial charge in [-0.25, -0.2) is 4.79 Å². The maximum Gasteiger partial charge on any atom is 0.317 e. The molecule has 1 aliphatic heterocycles. The first kappa shape index (κ1) is 15.9. The highest BCUT2D eigenvalue weighted by molar-refractivity contribution is 5.77. The number of aliphatic carboxylic acids is 1. The molecule has 0 aromatic heterocycles. The number of urea groups is 1. The molecule has 0 radical (unpaired) electrons. The standard InChI is InChI=1S/C16H26N2O3/c1-16(2,3)11-7-9-18(10-8-11)15(21)17-13-6-4-5-12(13)14(19)20/h7,12-13H,4-6,8-10H2,1-3H3,(H,17,21)(H,19,20). The van der Waals surface area contributed by atoms with Crippen LogP contribution in [0.3, 0.4) is 0 Å². The topological polar surface area (TPSA) is 69.6 Å². The molecule has 2 unspecified atom stereocenters. The molecule has 0 spiro atoms. The Labute approximate surface area is 126 Å². The average Bonchev–Trinajstić information content (AvgIpc) is 2.86. The van der Waals surface area contributed by atoms with Crippen LogP contribution in [-0.2, 0) is 4.79 Å². The minimum Gasteiger partial charge on any atom is -0.481 e. The average molecular weight is 294 g/mol. The minimum absolute atomic E-state index is 0.127. The SMILES string of the molecule is CC(C)(C)C1=CCN(C(=O)NC2CCCC2C(=O)O)CC1. The summed E-state index contributed by atoms with van der Waals surface area (Å²) in [7, 11) is 0. The van der Waals surface area contributed by atoms with Gasteiger partial charge < -0.3 is 15.3 Å². The zero-order valence-electron chi connectivity index (χ0n) is 13.2. The van der Waals surface area contributed by atoms with Crippen molar-refractivity contribution < 1.29 is 14.7 Å². The first-order valence-electron chi connectivity index (χ1n) is 7.77. The molecule has 2 rings (SSSR count). The quantitative estimate of drug-likeness (QED) is 0.769. The molecule has 0 bridgehead atoms. The van der Waals surface area contributed by atoms with E-state index < -0.39 is 11.9 Å². The van der Waals surface area contributed by atoms with E-state index in [9.17, 15) is 9.59 Å². The second-order valence-corrected chi connectivity index (χ2v) is 7.11. The molecule has 0 aromatic carbocycles. The lowest BCUT2D eigenvalue weighted by Crippen LogP contribution is -2.48. The summed E-state index contributed by atoms with van der Waals surface area (Å²) in [5.41, 5.74) is 1.54. The van der Waals surface area contributed by atoms with Gasteiger partial charge in [0.1, 0.15) is 0 Å². The number of carboxylic acid groups (broad SMARTS) is 1. The highest BCUT2D eigenvalue weighted by atomic mass is 16.4. The van der Waals surface area contributed by atoms with Gasteiger partial charge in [0.15, 0.2) is 0 Å². The molecule has 118 valence electrons. The highest BCUT2D eigenvalue weighted by Gasteiger charge is 2.35. The van der Waals surface area contributed by atoms with E-state index >= 15 is 0 Å². The third-order valence-corrected chi connectivity index (χ3v) is 4.60. The molecule has 1 fully saturated rings. The van der Waals surface area contributed by atoms with E-state index in [4.69, 9.17) is 5.11 Å². The fourth-order valence-corrected chi connectivity index (χ4v) is 3.21. The molecule has 1 heterocycles. The molecule has 2 N–H and O–H groups in total. The Kier molecular flexibility index (Phi) is 4.59. The van der Waals surface area contributed by atoms with Gasteiger partial charge in [-0.05, 0) is 24.7 Å².